The van der Waals surface area contributed by atoms with Crippen molar-refractivity contribution in [1.29, 1.82) is 0 Å². The summed E-state index contributed by atoms with van der Waals surface area (Å²) < 4.78 is 7.49. The smallest absolute Gasteiger partial charge is 0.269 e. The lowest BCUT2D eigenvalue weighted by Crippen LogP contribution is -2.19. The normalized spacial score (nSPS) is 10.9. The molecule has 2 aromatic heterocycles. The third-order valence-corrected chi connectivity index (χ3v) is 4.46. The van der Waals surface area contributed by atoms with Crippen molar-refractivity contribution in [2.24, 2.45) is 0 Å². The molecule has 0 spiro atoms. The molecule has 0 saturated heterocycles. The molecule has 9 nitrogen and oxygen atoms in total. The van der Waals surface area contributed by atoms with E-state index in [0.717, 1.165) is 10.9 Å². The Balaban J connectivity index is 1.63. The summed E-state index contributed by atoms with van der Waals surface area (Å²) in [5.41, 5.74) is 1.95. The Kier molecular flexibility index (Phi) is 4.78. The summed E-state index contributed by atoms with van der Waals surface area (Å²) in [6.45, 7) is 1.94. The molecule has 4 aromatic rings. The van der Waals surface area contributed by atoms with Crippen molar-refractivity contribution in [2.45, 2.75) is 19.9 Å². The standard InChI is InChI=1S/C20H17N5O4/c1-2-19-22-23-20(29-19)17-11-13-5-3-4-6-16(13)24(17)12-18(26)21-14-7-9-15(10-8-14)25(27)28/h3-11H,2,12H2,1H3,(H,21,26). The van der Waals surface area contributed by atoms with Gasteiger partial charge < -0.3 is 14.3 Å². The van der Waals surface area contributed by atoms with E-state index in [1.165, 1.54) is 24.3 Å². The quantitative estimate of drug-likeness (QED) is 0.395. The molecule has 146 valence electrons. The number of aryl methyl sites for hydroxylation is 1. The van der Waals surface area contributed by atoms with Crippen molar-refractivity contribution >= 4 is 28.2 Å². The Labute approximate surface area is 165 Å². The number of nitrogens with zero attached hydrogens (tertiary/aromatic N) is 4. The average Bonchev–Trinajstić information content (AvgIpc) is 3.33. The van der Waals surface area contributed by atoms with Gasteiger partial charge in [0.1, 0.15) is 12.2 Å². The molecule has 0 unspecified atom stereocenters. The van der Waals surface area contributed by atoms with Crippen LogP contribution in [-0.2, 0) is 17.8 Å². The molecular formula is C20H17N5O4. The fraction of sp³-hybridized carbons (Fsp3) is 0.150. The number of benzene rings is 2. The van der Waals surface area contributed by atoms with Crippen LogP contribution in [0.3, 0.4) is 0 Å². The highest BCUT2D eigenvalue weighted by atomic mass is 16.6. The molecule has 0 aliphatic carbocycles. The minimum absolute atomic E-state index is 0.0175. The lowest BCUT2D eigenvalue weighted by atomic mass is 10.2. The molecule has 29 heavy (non-hydrogen) atoms. The van der Waals surface area contributed by atoms with Gasteiger partial charge in [-0.05, 0) is 24.3 Å². The predicted molar refractivity (Wildman–Crippen MR) is 106 cm³/mol. The fourth-order valence-electron chi connectivity index (χ4n) is 3.07. The van der Waals surface area contributed by atoms with Gasteiger partial charge in [-0.15, -0.1) is 10.2 Å². The molecule has 4 rings (SSSR count). The first kappa shape index (κ1) is 18.4. The summed E-state index contributed by atoms with van der Waals surface area (Å²) in [7, 11) is 0. The van der Waals surface area contributed by atoms with E-state index in [-0.39, 0.29) is 18.1 Å². The summed E-state index contributed by atoms with van der Waals surface area (Å²) in [4.78, 5) is 22.9. The lowest BCUT2D eigenvalue weighted by molar-refractivity contribution is -0.384. The third-order valence-electron chi connectivity index (χ3n) is 4.46. The van der Waals surface area contributed by atoms with Crippen molar-refractivity contribution < 1.29 is 14.1 Å². The highest BCUT2D eigenvalue weighted by molar-refractivity contribution is 5.93. The molecule has 1 N–H and O–H groups in total. The number of hydrogen-bond donors (Lipinski definition) is 1. The van der Waals surface area contributed by atoms with Gasteiger partial charge in [-0.3, -0.25) is 14.9 Å². The minimum atomic E-state index is -0.487. The molecule has 9 heteroatoms. The zero-order valence-corrected chi connectivity index (χ0v) is 15.5. The van der Waals surface area contributed by atoms with Crippen LogP contribution in [0.5, 0.6) is 0 Å². The Bertz CT molecular complexity index is 1190. The van der Waals surface area contributed by atoms with Crippen LogP contribution in [0.2, 0.25) is 0 Å². The van der Waals surface area contributed by atoms with Crippen LogP contribution in [0.25, 0.3) is 22.5 Å². The van der Waals surface area contributed by atoms with Crippen LogP contribution >= 0.6 is 0 Å². The van der Waals surface area contributed by atoms with E-state index in [2.05, 4.69) is 15.5 Å². The number of carbonyl (C=O) groups is 1. The number of carbonyl (C=O) groups excluding carboxylic acids is 1. The second-order valence-corrected chi connectivity index (χ2v) is 6.38. The van der Waals surface area contributed by atoms with E-state index in [4.69, 9.17) is 4.42 Å². The Morgan fingerprint density at radius 2 is 1.93 bits per heavy atom. The van der Waals surface area contributed by atoms with Gasteiger partial charge in [0.05, 0.1) is 4.92 Å². The number of hydrogen-bond acceptors (Lipinski definition) is 6. The summed E-state index contributed by atoms with van der Waals surface area (Å²) >= 11 is 0. The number of non-ortho nitro benzene ring substituents is 1. The first-order valence-corrected chi connectivity index (χ1v) is 9.00. The van der Waals surface area contributed by atoms with Gasteiger partial charge in [-0.1, -0.05) is 25.1 Å². The zero-order chi connectivity index (χ0) is 20.4. The van der Waals surface area contributed by atoms with E-state index < -0.39 is 4.92 Å². The van der Waals surface area contributed by atoms with Crippen LogP contribution in [0.1, 0.15) is 12.8 Å². The first-order chi connectivity index (χ1) is 14.0. The van der Waals surface area contributed by atoms with Crippen molar-refractivity contribution in [2.75, 3.05) is 5.32 Å². The van der Waals surface area contributed by atoms with E-state index in [1.807, 2.05) is 41.8 Å². The maximum absolute atomic E-state index is 12.7. The molecule has 0 atom stereocenters. The van der Waals surface area contributed by atoms with E-state index >= 15 is 0 Å². The van der Waals surface area contributed by atoms with E-state index in [9.17, 15) is 14.9 Å². The molecule has 0 aliphatic heterocycles. The van der Waals surface area contributed by atoms with Crippen LogP contribution in [0.4, 0.5) is 11.4 Å². The summed E-state index contributed by atoms with van der Waals surface area (Å²) in [6.07, 6.45) is 0.619. The average molecular weight is 391 g/mol. The number of para-hydroxylation sites is 1. The largest absolute Gasteiger partial charge is 0.419 e. The molecule has 2 aromatic carbocycles. The first-order valence-electron chi connectivity index (χ1n) is 9.00. The minimum Gasteiger partial charge on any atom is -0.419 e. The third kappa shape index (κ3) is 3.70. The van der Waals surface area contributed by atoms with Crippen LogP contribution < -0.4 is 5.32 Å². The molecule has 0 fully saturated rings. The second-order valence-electron chi connectivity index (χ2n) is 6.38. The number of nitrogens with one attached hydrogen (secondary N) is 1. The highest BCUT2D eigenvalue weighted by Gasteiger charge is 2.18. The summed E-state index contributed by atoms with van der Waals surface area (Å²) in [6, 6.07) is 15.2. The van der Waals surface area contributed by atoms with Gasteiger partial charge in [-0.25, -0.2) is 0 Å². The monoisotopic (exact) mass is 391 g/mol. The topological polar surface area (TPSA) is 116 Å². The Hall–Kier alpha value is -4.01. The van der Waals surface area contributed by atoms with Gasteiger partial charge in [0, 0.05) is 35.1 Å². The highest BCUT2D eigenvalue weighted by Crippen LogP contribution is 2.28. The number of aromatic nitrogens is 3. The lowest BCUT2D eigenvalue weighted by Gasteiger charge is -2.10. The molecule has 0 saturated carbocycles. The van der Waals surface area contributed by atoms with Gasteiger partial charge in [0.25, 0.3) is 11.6 Å². The number of nitro benzene ring substituents is 1. The van der Waals surface area contributed by atoms with Crippen LogP contribution in [0, 0.1) is 10.1 Å². The van der Waals surface area contributed by atoms with Crippen LogP contribution in [0.15, 0.2) is 59.0 Å². The molecule has 0 aliphatic rings. The van der Waals surface area contributed by atoms with Crippen molar-refractivity contribution in [3.8, 4) is 11.6 Å². The number of anilines is 1. The van der Waals surface area contributed by atoms with Gasteiger partial charge in [0.15, 0.2) is 0 Å². The molecular weight excluding hydrogens is 374 g/mol. The van der Waals surface area contributed by atoms with E-state index in [0.29, 0.717) is 29.6 Å². The maximum atomic E-state index is 12.7. The predicted octanol–water partition coefficient (Wildman–Crippen LogP) is 3.80. The Morgan fingerprint density at radius 1 is 1.17 bits per heavy atom. The Morgan fingerprint density at radius 3 is 2.62 bits per heavy atom. The SMILES string of the molecule is CCc1nnc(-c2cc3ccccc3n2CC(=O)Nc2ccc([N+](=O)[O-])cc2)o1. The van der Waals surface area contributed by atoms with Crippen molar-refractivity contribution in [3.63, 3.8) is 0 Å². The van der Waals surface area contributed by atoms with E-state index in [1.54, 1.807) is 0 Å². The molecule has 1 amide bonds. The van der Waals surface area contributed by atoms with Crippen molar-refractivity contribution in [1.82, 2.24) is 14.8 Å². The maximum Gasteiger partial charge on any atom is 0.269 e. The van der Waals surface area contributed by atoms with Gasteiger partial charge >= 0.3 is 0 Å². The number of fused-ring (bicyclic) bond motifs is 1. The molecule has 0 radical (unpaired) electrons. The number of amides is 1. The van der Waals surface area contributed by atoms with Crippen molar-refractivity contribution in [3.05, 3.63) is 70.6 Å². The molecule has 0 bridgehead atoms. The fourth-order valence-corrected chi connectivity index (χ4v) is 3.07. The summed E-state index contributed by atoms with van der Waals surface area (Å²) in [5.74, 6) is 0.588. The number of nitro groups is 1. The second kappa shape index (κ2) is 7.55. The van der Waals surface area contributed by atoms with Gasteiger partial charge in [-0.2, -0.15) is 0 Å². The van der Waals surface area contributed by atoms with Crippen LogP contribution in [-0.4, -0.2) is 25.6 Å². The molecule has 2 heterocycles. The summed E-state index contributed by atoms with van der Waals surface area (Å²) in [5, 5.41) is 22.6. The number of rotatable bonds is 6. The van der Waals surface area contributed by atoms with Gasteiger partial charge in [0.2, 0.25) is 11.8 Å². The zero-order valence-electron chi connectivity index (χ0n) is 15.5.